The zero-order valence-electron chi connectivity index (χ0n) is 11.7. The molecule has 4 nitrogen and oxygen atoms in total. The Kier molecular flexibility index (Phi) is 5.63. The summed E-state index contributed by atoms with van der Waals surface area (Å²) in [6.45, 7) is 2.87. The van der Waals surface area contributed by atoms with Crippen LogP contribution in [0.4, 0.5) is 10.5 Å². The summed E-state index contributed by atoms with van der Waals surface area (Å²) in [5, 5.41) is 5.51. The molecule has 0 spiro atoms. The van der Waals surface area contributed by atoms with E-state index in [9.17, 15) is 4.79 Å². The maximum Gasteiger partial charge on any atom is 0.319 e. The number of hydrogen-bond donors (Lipinski definition) is 2. The molecular formula is C16H17BrN2O2. The molecular weight excluding hydrogens is 332 g/mol. The molecule has 0 unspecified atom stereocenters. The highest BCUT2D eigenvalue weighted by atomic mass is 79.9. The molecule has 0 radical (unpaired) electrons. The molecule has 0 saturated carbocycles. The monoisotopic (exact) mass is 348 g/mol. The maximum atomic E-state index is 11.7. The summed E-state index contributed by atoms with van der Waals surface area (Å²) in [6, 6.07) is 15.0. The van der Waals surface area contributed by atoms with Gasteiger partial charge in [-0.05, 0) is 52.7 Å². The lowest BCUT2D eigenvalue weighted by Crippen LogP contribution is -2.32. The Hall–Kier alpha value is -2.01. The van der Waals surface area contributed by atoms with Gasteiger partial charge in [-0.1, -0.05) is 24.3 Å². The summed E-state index contributed by atoms with van der Waals surface area (Å²) < 4.78 is 6.40. The molecule has 2 rings (SSSR count). The number of halogens is 1. The standard InChI is InChI=1S/C16H17BrN2O2/c1-12-5-4-6-13(11-12)21-10-9-18-16(20)19-15-8-3-2-7-14(15)17/h2-8,11H,9-10H2,1H3,(H2,18,19,20). The Morgan fingerprint density at radius 3 is 2.76 bits per heavy atom. The van der Waals surface area contributed by atoms with E-state index in [1.807, 2.05) is 55.5 Å². The number of urea groups is 1. The molecule has 2 amide bonds. The molecule has 2 aromatic carbocycles. The van der Waals surface area contributed by atoms with E-state index in [4.69, 9.17) is 4.74 Å². The van der Waals surface area contributed by atoms with E-state index in [1.165, 1.54) is 0 Å². The number of aryl methyl sites for hydroxylation is 1. The van der Waals surface area contributed by atoms with Crippen LogP contribution in [-0.2, 0) is 0 Å². The Morgan fingerprint density at radius 1 is 1.19 bits per heavy atom. The molecule has 0 aliphatic rings. The average Bonchev–Trinajstić information content (AvgIpc) is 2.46. The zero-order chi connectivity index (χ0) is 15.1. The molecule has 5 heteroatoms. The molecule has 0 heterocycles. The molecule has 0 bridgehead atoms. The van der Waals surface area contributed by atoms with Gasteiger partial charge < -0.3 is 15.4 Å². The van der Waals surface area contributed by atoms with Crippen molar-refractivity contribution in [3.8, 4) is 5.75 Å². The molecule has 2 aromatic rings. The molecule has 0 atom stereocenters. The second-order valence-corrected chi connectivity index (χ2v) is 5.38. The number of rotatable bonds is 5. The van der Waals surface area contributed by atoms with Crippen LogP contribution in [0.2, 0.25) is 0 Å². The van der Waals surface area contributed by atoms with Gasteiger partial charge >= 0.3 is 6.03 Å². The smallest absolute Gasteiger partial charge is 0.319 e. The van der Waals surface area contributed by atoms with Crippen molar-refractivity contribution in [3.05, 3.63) is 58.6 Å². The number of benzene rings is 2. The van der Waals surface area contributed by atoms with Crippen molar-refractivity contribution in [3.63, 3.8) is 0 Å². The van der Waals surface area contributed by atoms with E-state index < -0.39 is 0 Å². The molecule has 21 heavy (non-hydrogen) atoms. The molecule has 0 aliphatic carbocycles. The average molecular weight is 349 g/mol. The van der Waals surface area contributed by atoms with E-state index in [1.54, 1.807) is 0 Å². The van der Waals surface area contributed by atoms with E-state index in [-0.39, 0.29) is 6.03 Å². The van der Waals surface area contributed by atoms with Gasteiger partial charge in [0.15, 0.2) is 0 Å². The van der Waals surface area contributed by atoms with Crippen LogP contribution in [0.15, 0.2) is 53.0 Å². The first kappa shape index (κ1) is 15.4. The van der Waals surface area contributed by atoms with Gasteiger partial charge in [-0.25, -0.2) is 4.79 Å². The number of nitrogens with one attached hydrogen (secondary N) is 2. The normalized spacial score (nSPS) is 10.0. The van der Waals surface area contributed by atoms with Gasteiger partial charge in [0.2, 0.25) is 0 Å². The highest BCUT2D eigenvalue weighted by Crippen LogP contribution is 2.20. The van der Waals surface area contributed by atoms with Crippen molar-refractivity contribution in [1.29, 1.82) is 0 Å². The van der Waals surface area contributed by atoms with Crippen molar-refractivity contribution >= 4 is 27.6 Å². The zero-order valence-corrected chi connectivity index (χ0v) is 13.3. The third-order valence-electron chi connectivity index (χ3n) is 2.77. The predicted molar refractivity (Wildman–Crippen MR) is 87.8 cm³/mol. The lowest BCUT2D eigenvalue weighted by molar-refractivity contribution is 0.247. The summed E-state index contributed by atoms with van der Waals surface area (Å²) >= 11 is 3.38. The number of hydrogen-bond acceptors (Lipinski definition) is 2. The van der Waals surface area contributed by atoms with Crippen LogP contribution in [0, 0.1) is 6.92 Å². The van der Waals surface area contributed by atoms with Crippen molar-refractivity contribution < 1.29 is 9.53 Å². The van der Waals surface area contributed by atoms with Crippen LogP contribution in [0.25, 0.3) is 0 Å². The van der Waals surface area contributed by atoms with Crippen molar-refractivity contribution in [2.75, 3.05) is 18.5 Å². The van der Waals surface area contributed by atoms with Gasteiger partial charge in [0.05, 0.1) is 12.2 Å². The molecule has 2 N–H and O–H groups in total. The largest absolute Gasteiger partial charge is 0.492 e. The van der Waals surface area contributed by atoms with Crippen LogP contribution < -0.4 is 15.4 Å². The first-order valence-corrected chi connectivity index (χ1v) is 7.43. The highest BCUT2D eigenvalue weighted by Gasteiger charge is 2.03. The summed E-state index contributed by atoms with van der Waals surface area (Å²) in [5.74, 6) is 0.808. The van der Waals surface area contributed by atoms with Gasteiger partial charge in [-0.3, -0.25) is 0 Å². The third kappa shape index (κ3) is 5.11. The summed E-state index contributed by atoms with van der Waals surface area (Å²) in [7, 11) is 0. The first-order valence-electron chi connectivity index (χ1n) is 6.64. The third-order valence-corrected chi connectivity index (χ3v) is 3.46. The topological polar surface area (TPSA) is 50.4 Å². The minimum Gasteiger partial charge on any atom is -0.492 e. The lowest BCUT2D eigenvalue weighted by Gasteiger charge is -2.10. The quantitative estimate of drug-likeness (QED) is 0.803. The first-order chi connectivity index (χ1) is 10.1. The number of carbonyl (C=O) groups is 1. The molecule has 0 saturated heterocycles. The summed E-state index contributed by atoms with van der Waals surface area (Å²) in [6.07, 6.45) is 0. The Bertz CT molecular complexity index is 617. The Balaban J connectivity index is 1.71. The van der Waals surface area contributed by atoms with E-state index >= 15 is 0 Å². The number of carbonyl (C=O) groups excluding carboxylic acids is 1. The number of amides is 2. The van der Waals surface area contributed by atoms with Crippen LogP contribution in [0.3, 0.4) is 0 Å². The van der Waals surface area contributed by atoms with Crippen LogP contribution in [-0.4, -0.2) is 19.2 Å². The predicted octanol–water partition coefficient (Wildman–Crippen LogP) is 3.96. The second kappa shape index (κ2) is 7.69. The van der Waals surface area contributed by atoms with E-state index in [0.717, 1.165) is 21.5 Å². The minimum absolute atomic E-state index is 0.255. The Labute approximate surface area is 132 Å². The molecule has 0 aliphatic heterocycles. The van der Waals surface area contributed by atoms with E-state index in [0.29, 0.717) is 13.2 Å². The number of ether oxygens (including phenoxy) is 1. The van der Waals surface area contributed by atoms with Gasteiger partial charge in [0.1, 0.15) is 12.4 Å². The minimum atomic E-state index is -0.255. The number of anilines is 1. The van der Waals surface area contributed by atoms with E-state index in [2.05, 4.69) is 26.6 Å². The fourth-order valence-electron chi connectivity index (χ4n) is 1.77. The van der Waals surface area contributed by atoms with Gasteiger partial charge in [-0.2, -0.15) is 0 Å². The van der Waals surface area contributed by atoms with Crippen molar-refractivity contribution in [2.45, 2.75) is 6.92 Å². The maximum absolute atomic E-state index is 11.7. The van der Waals surface area contributed by atoms with Gasteiger partial charge in [0, 0.05) is 4.47 Å². The van der Waals surface area contributed by atoms with Crippen molar-refractivity contribution in [2.24, 2.45) is 0 Å². The summed E-state index contributed by atoms with van der Waals surface area (Å²) in [5.41, 5.74) is 1.88. The van der Waals surface area contributed by atoms with Gasteiger partial charge in [-0.15, -0.1) is 0 Å². The van der Waals surface area contributed by atoms with Crippen LogP contribution in [0.1, 0.15) is 5.56 Å². The number of para-hydroxylation sites is 1. The fourth-order valence-corrected chi connectivity index (χ4v) is 2.15. The molecule has 0 aromatic heterocycles. The summed E-state index contributed by atoms with van der Waals surface area (Å²) in [4.78, 5) is 11.7. The fraction of sp³-hybridized carbons (Fsp3) is 0.188. The van der Waals surface area contributed by atoms with Crippen molar-refractivity contribution in [1.82, 2.24) is 5.32 Å². The SMILES string of the molecule is Cc1cccc(OCCNC(=O)Nc2ccccc2Br)c1. The van der Waals surface area contributed by atoms with Crippen LogP contribution in [0.5, 0.6) is 5.75 Å². The second-order valence-electron chi connectivity index (χ2n) is 4.53. The highest BCUT2D eigenvalue weighted by molar-refractivity contribution is 9.10. The molecule has 0 fully saturated rings. The molecule has 110 valence electrons. The lowest BCUT2D eigenvalue weighted by atomic mass is 10.2. The van der Waals surface area contributed by atoms with Crippen LogP contribution >= 0.6 is 15.9 Å². The van der Waals surface area contributed by atoms with Gasteiger partial charge in [0.25, 0.3) is 0 Å². The Morgan fingerprint density at radius 2 is 2.00 bits per heavy atom.